The number of nitrogens with zero attached hydrogens (tertiary/aromatic N) is 1. The Kier molecular flexibility index (Phi) is 5.25. The van der Waals surface area contributed by atoms with Crippen LogP contribution in [0.25, 0.3) is 0 Å². The topological polar surface area (TPSA) is 20.3 Å². The third-order valence-corrected chi connectivity index (χ3v) is 4.45. The third kappa shape index (κ3) is 3.58. The fourth-order valence-electron chi connectivity index (χ4n) is 2.28. The standard InChI is InChI=1S/C14H17Br2NO/c15-11-6-7-12(13(16)10-11)14(18)17-8-4-2-1-3-5-9-17/h6-7,10H,1-5,8-9H2. The van der Waals surface area contributed by atoms with Crippen molar-refractivity contribution >= 4 is 37.8 Å². The van der Waals surface area contributed by atoms with Gasteiger partial charge >= 0.3 is 0 Å². The highest BCUT2D eigenvalue weighted by atomic mass is 79.9. The SMILES string of the molecule is O=C(c1ccc(Br)cc1Br)N1CCCCCCC1. The van der Waals surface area contributed by atoms with Crippen LogP contribution in [0.1, 0.15) is 42.5 Å². The van der Waals surface area contributed by atoms with Crippen LogP contribution in [0.15, 0.2) is 27.1 Å². The summed E-state index contributed by atoms with van der Waals surface area (Å²) < 4.78 is 1.85. The van der Waals surface area contributed by atoms with E-state index in [1.54, 1.807) is 0 Å². The van der Waals surface area contributed by atoms with E-state index >= 15 is 0 Å². The van der Waals surface area contributed by atoms with Crippen molar-refractivity contribution in [2.75, 3.05) is 13.1 Å². The molecule has 0 saturated carbocycles. The van der Waals surface area contributed by atoms with E-state index in [1.807, 2.05) is 23.1 Å². The maximum Gasteiger partial charge on any atom is 0.254 e. The van der Waals surface area contributed by atoms with Crippen LogP contribution in [0.4, 0.5) is 0 Å². The largest absolute Gasteiger partial charge is 0.339 e. The molecule has 1 saturated heterocycles. The van der Waals surface area contributed by atoms with Gasteiger partial charge in [-0.05, 0) is 47.0 Å². The molecule has 0 atom stereocenters. The highest BCUT2D eigenvalue weighted by molar-refractivity contribution is 9.11. The van der Waals surface area contributed by atoms with E-state index in [2.05, 4.69) is 31.9 Å². The lowest BCUT2D eigenvalue weighted by atomic mass is 10.1. The summed E-state index contributed by atoms with van der Waals surface area (Å²) in [5.41, 5.74) is 0.763. The van der Waals surface area contributed by atoms with Crippen molar-refractivity contribution in [3.63, 3.8) is 0 Å². The predicted molar refractivity (Wildman–Crippen MR) is 80.8 cm³/mol. The first-order valence-electron chi connectivity index (χ1n) is 6.43. The van der Waals surface area contributed by atoms with Gasteiger partial charge in [-0.3, -0.25) is 4.79 Å². The minimum Gasteiger partial charge on any atom is -0.339 e. The van der Waals surface area contributed by atoms with Gasteiger partial charge in [-0.15, -0.1) is 0 Å². The first-order valence-corrected chi connectivity index (χ1v) is 8.01. The summed E-state index contributed by atoms with van der Waals surface area (Å²) in [7, 11) is 0. The lowest BCUT2D eigenvalue weighted by Crippen LogP contribution is -2.34. The zero-order valence-electron chi connectivity index (χ0n) is 10.3. The minimum atomic E-state index is 0.149. The van der Waals surface area contributed by atoms with Crippen LogP contribution in [0, 0.1) is 0 Å². The molecule has 18 heavy (non-hydrogen) atoms. The Hall–Kier alpha value is -0.350. The number of hydrogen-bond donors (Lipinski definition) is 0. The number of benzene rings is 1. The molecule has 0 N–H and O–H groups in total. The number of amides is 1. The summed E-state index contributed by atoms with van der Waals surface area (Å²) in [6, 6.07) is 5.73. The summed E-state index contributed by atoms with van der Waals surface area (Å²) in [6.45, 7) is 1.78. The zero-order chi connectivity index (χ0) is 13.0. The van der Waals surface area contributed by atoms with Crippen LogP contribution in [0.5, 0.6) is 0 Å². The van der Waals surface area contributed by atoms with E-state index < -0.39 is 0 Å². The van der Waals surface area contributed by atoms with Crippen LogP contribution in [0.3, 0.4) is 0 Å². The van der Waals surface area contributed by atoms with Crippen LogP contribution in [-0.4, -0.2) is 23.9 Å². The van der Waals surface area contributed by atoms with Gasteiger partial charge < -0.3 is 4.90 Å². The van der Waals surface area contributed by atoms with Crippen LogP contribution >= 0.6 is 31.9 Å². The highest BCUT2D eigenvalue weighted by Gasteiger charge is 2.18. The summed E-state index contributed by atoms with van der Waals surface area (Å²) in [6.07, 6.45) is 6.04. The highest BCUT2D eigenvalue weighted by Crippen LogP contribution is 2.24. The molecule has 0 spiro atoms. The summed E-state index contributed by atoms with van der Waals surface area (Å²) in [5.74, 6) is 0.149. The van der Waals surface area contributed by atoms with Gasteiger partial charge in [0.05, 0.1) is 5.56 Å². The molecular formula is C14H17Br2NO. The second kappa shape index (κ2) is 6.71. The van der Waals surface area contributed by atoms with E-state index in [4.69, 9.17) is 0 Å². The van der Waals surface area contributed by atoms with Crippen molar-refractivity contribution in [1.82, 2.24) is 4.90 Å². The number of halogens is 2. The average molecular weight is 375 g/mol. The second-order valence-electron chi connectivity index (χ2n) is 4.68. The smallest absolute Gasteiger partial charge is 0.254 e. The summed E-state index contributed by atoms with van der Waals surface area (Å²) in [4.78, 5) is 14.5. The predicted octanol–water partition coefficient (Wildman–Crippen LogP) is 4.62. The maximum absolute atomic E-state index is 12.5. The molecule has 0 aliphatic carbocycles. The molecule has 1 amide bonds. The Bertz CT molecular complexity index is 426. The Labute approximate surface area is 125 Å². The molecular weight excluding hydrogens is 358 g/mol. The van der Waals surface area contributed by atoms with Crippen molar-refractivity contribution < 1.29 is 4.79 Å². The van der Waals surface area contributed by atoms with Crippen molar-refractivity contribution in [3.8, 4) is 0 Å². The van der Waals surface area contributed by atoms with Gasteiger partial charge in [0.15, 0.2) is 0 Å². The number of likely N-dealkylation sites (tertiary alicyclic amines) is 1. The molecule has 1 aliphatic rings. The minimum absolute atomic E-state index is 0.149. The number of hydrogen-bond acceptors (Lipinski definition) is 1. The molecule has 1 fully saturated rings. The molecule has 1 aliphatic heterocycles. The van der Waals surface area contributed by atoms with Crippen molar-refractivity contribution in [3.05, 3.63) is 32.7 Å². The van der Waals surface area contributed by atoms with E-state index in [0.29, 0.717) is 0 Å². The molecule has 4 heteroatoms. The molecule has 0 aromatic heterocycles. The Morgan fingerprint density at radius 3 is 2.22 bits per heavy atom. The third-order valence-electron chi connectivity index (χ3n) is 3.30. The summed E-state index contributed by atoms with van der Waals surface area (Å²) in [5, 5.41) is 0. The fourth-order valence-corrected chi connectivity index (χ4v) is 3.50. The molecule has 0 radical (unpaired) electrons. The molecule has 1 heterocycles. The van der Waals surface area contributed by atoms with Crippen molar-refractivity contribution in [2.45, 2.75) is 32.1 Å². The lowest BCUT2D eigenvalue weighted by molar-refractivity contribution is 0.0741. The van der Waals surface area contributed by atoms with Gasteiger partial charge in [0.2, 0.25) is 0 Å². The Balaban J connectivity index is 2.13. The fraction of sp³-hybridized carbons (Fsp3) is 0.500. The van der Waals surface area contributed by atoms with Crippen molar-refractivity contribution in [1.29, 1.82) is 0 Å². The van der Waals surface area contributed by atoms with E-state index in [9.17, 15) is 4.79 Å². The first-order chi connectivity index (χ1) is 8.68. The van der Waals surface area contributed by atoms with Gasteiger partial charge in [-0.1, -0.05) is 35.2 Å². The van der Waals surface area contributed by atoms with Crippen LogP contribution < -0.4 is 0 Å². The number of rotatable bonds is 1. The Morgan fingerprint density at radius 2 is 1.61 bits per heavy atom. The first kappa shape index (κ1) is 14.1. The monoisotopic (exact) mass is 373 g/mol. The molecule has 1 aromatic carbocycles. The second-order valence-corrected chi connectivity index (χ2v) is 6.45. The quantitative estimate of drug-likeness (QED) is 0.702. The molecule has 0 unspecified atom stereocenters. The van der Waals surface area contributed by atoms with Gasteiger partial charge in [0.1, 0.15) is 0 Å². The van der Waals surface area contributed by atoms with Gasteiger partial charge in [-0.2, -0.15) is 0 Å². The number of carbonyl (C=O) groups excluding carboxylic acids is 1. The normalized spacial score (nSPS) is 17.1. The van der Waals surface area contributed by atoms with Gasteiger partial charge in [0, 0.05) is 22.0 Å². The zero-order valence-corrected chi connectivity index (χ0v) is 13.5. The lowest BCUT2D eigenvalue weighted by Gasteiger charge is -2.25. The maximum atomic E-state index is 12.5. The van der Waals surface area contributed by atoms with Crippen LogP contribution in [-0.2, 0) is 0 Å². The molecule has 0 bridgehead atoms. The average Bonchev–Trinajstić information content (AvgIpc) is 2.27. The van der Waals surface area contributed by atoms with Gasteiger partial charge in [0.25, 0.3) is 5.91 Å². The van der Waals surface area contributed by atoms with E-state index in [1.165, 1.54) is 19.3 Å². The molecule has 1 aromatic rings. The van der Waals surface area contributed by atoms with Crippen LogP contribution in [0.2, 0.25) is 0 Å². The summed E-state index contributed by atoms with van der Waals surface area (Å²) >= 11 is 6.88. The molecule has 2 nitrogen and oxygen atoms in total. The van der Waals surface area contributed by atoms with Crippen molar-refractivity contribution in [2.24, 2.45) is 0 Å². The molecule has 2 rings (SSSR count). The number of carbonyl (C=O) groups is 1. The van der Waals surface area contributed by atoms with Gasteiger partial charge in [-0.25, -0.2) is 0 Å². The van der Waals surface area contributed by atoms with E-state index in [-0.39, 0.29) is 5.91 Å². The Morgan fingerprint density at radius 1 is 1.00 bits per heavy atom. The molecule has 98 valence electrons. The van der Waals surface area contributed by atoms with E-state index in [0.717, 1.165) is 40.4 Å².